The van der Waals surface area contributed by atoms with E-state index < -0.39 is 10.0 Å². The molecule has 0 amide bonds. The number of pyridine rings is 1. The minimum Gasteiger partial charge on any atom is -0.373 e. The third-order valence-corrected chi connectivity index (χ3v) is 4.42. The molecule has 2 heterocycles. The minimum atomic E-state index is -3.54. The first kappa shape index (κ1) is 14.2. The molecule has 0 saturated carbocycles. The van der Waals surface area contributed by atoms with Crippen LogP contribution in [0.4, 0.5) is 5.82 Å². The molecule has 1 aromatic rings. The quantitative estimate of drug-likeness (QED) is 0.781. The van der Waals surface area contributed by atoms with E-state index >= 15 is 0 Å². The van der Waals surface area contributed by atoms with E-state index in [-0.39, 0.29) is 4.90 Å². The SMILES string of the molecule is CNc1ccc(S(=O)(=O)NN2CCN(C)CC2)cn1. The van der Waals surface area contributed by atoms with E-state index in [0.717, 1.165) is 13.1 Å². The van der Waals surface area contributed by atoms with Gasteiger partial charge in [0.15, 0.2) is 0 Å². The van der Waals surface area contributed by atoms with Crippen molar-refractivity contribution in [3.63, 3.8) is 0 Å². The fourth-order valence-electron chi connectivity index (χ4n) is 1.81. The molecule has 7 nitrogen and oxygen atoms in total. The van der Waals surface area contributed by atoms with E-state index in [4.69, 9.17) is 0 Å². The van der Waals surface area contributed by atoms with Gasteiger partial charge in [0.25, 0.3) is 10.0 Å². The summed E-state index contributed by atoms with van der Waals surface area (Å²) >= 11 is 0. The van der Waals surface area contributed by atoms with Gasteiger partial charge >= 0.3 is 0 Å². The Kier molecular flexibility index (Phi) is 4.35. The number of aromatic nitrogens is 1. The van der Waals surface area contributed by atoms with Crippen molar-refractivity contribution in [3.8, 4) is 0 Å². The number of hydrogen-bond acceptors (Lipinski definition) is 6. The largest absolute Gasteiger partial charge is 0.373 e. The lowest BCUT2D eigenvalue weighted by Gasteiger charge is -2.32. The highest BCUT2D eigenvalue weighted by Crippen LogP contribution is 2.11. The second kappa shape index (κ2) is 5.83. The lowest BCUT2D eigenvalue weighted by atomic mass is 10.4. The number of hydrazine groups is 1. The minimum absolute atomic E-state index is 0.172. The summed E-state index contributed by atoms with van der Waals surface area (Å²) in [4.78, 5) is 8.93. The second-order valence-electron chi connectivity index (χ2n) is 4.51. The van der Waals surface area contributed by atoms with Gasteiger partial charge in [-0.2, -0.15) is 0 Å². The molecule has 1 fully saturated rings. The lowest BCUT2D eigenvalue weighted by Crippen LogP contribution is -2.52. The molecule has 0 bridgehead atoms. The highest BCUT2D eigenvalue weighted by Gasteiger charge is 2.21. The first-order valence-electron chi connectivity index (χ1n) is 6.11. The average Bonchev–Trinajstić information content (AvgIpc) is 2.41. The van der Waals surface area contributed by atoms with Crippen molar-refractivity contribution >= 4 is 15.8 Å². The summed E-state index contributed by atoms with van der Waals surface area (Å²) in [5.74, 6) is 0.638. The molecule has 0 atom stereocenters. The van der Waals surface area contributed by atoms with E-state index in [1.165, 1.54) is 12.3 Å². The van der Waals surface area contributed by atoms with Crippen LogP contribution in [0.2, 0.25) is 0 Å². The summed E-state index contributed by atoms with van der Waals surface area (Å²) in [7, 11) is 0.220. The zero-order valence-corrected chi connectivity index (χ0v) is 11.9. The third kappa shape index (κ3) is 3.63. The van der Waals surface area contributed by atoms with Crippen LogP contribution >= 0.6 is 0 Å². The maximum atomic E-state index is 12.2. The molecule has 0 spiro atoms. The maximum Gasteiger partial charge on any atom is 0.254 e. The van der Waals surface area contributed by atoms with E-state index in [1.54, 1.807) is 18.1 Å². The molecule has 19 heavy (non-hydrogen) atoms. The fraction of sp³-hybridized carbons (Fsp3) is 0.545. The normalized spacial score (nSPS) is 18.4. The van der Waals surface area contributed by atoms with Crippen LogP contribution in [-0.2, 0) is 10.0 Å². The fourth-order valence-corrected chi connectivity index (χ4v) is 2.87. The Morgan fingerprint density at radius 1 is 1.21 bits per heavy atom. The molecule has 1 saturated heterocycles. The van der Waals surface area contributed by atoms with Crippen molar-refractivity contribution in [1.82, 2.24) is 19.7 Å². The molecule has 1 aliphatic rings. The number of hydrogen-bond donors (Lipinski definition) is 2. The van der Waals surface area contributed by atoms with Gasteiger partial charge in [-0.15, -0.1) is 4.83 Å². The van der Waals surface area contributed by atoms with E-state index in [2.05, 4.69) is 20.0 Å². The Bertz CT molecular complexity index is 508. The first-order valence-corrected chi connectivity index (χ1v) is 7.59. The molecule has 1 aromatic heterocycles. The van der Waals surface area contributed by atoms with Crippen molar-refractivity contribution in [2.75, 3.05) is 45.6 Å². The van der Waals surface area contributed by atoms with Gasteiger partial charge in [-0.1, -0.05) is 0 Å². The van der Waals surface area contributed by atoms with Gasteiger partial charge in [0.05, 0.1) is 0 Å². The van der Waals surface area contributed by atoms with Gasteiger partial charge < -0.3 is 10.2 Å². The van der Waals surface area contributed by atoms with Crippen LogP contribution < -0.4 is 10.1 Å². The Balaban J connectivity index is 2.05. The molecule has 2 N–H and O–H groups in total. The second-order valence-corrected chi connectivity index (χ2v) is 6.18. The zero-order chi connectivity index (χ0) is 13.9. The number of sulfonamides is 1. The summed E-state index contributed by atoms with van der Waals surface area (Å²) < 4.78 is 24.3. The first-order chi connectivity index (χ1) is 9.01. The summed E-state index contributed by atoms with van der Waals surface area (Å²) in [6.45, 7) is 3.05. The van der Waals surface area contributed by atoms with Crippen molar-refractivity contribution in [3.05, 3.63) is 18.3 Å². The van der Waals surface area contributed by atoms with E-state index in [9.17, 15) is 8.42 Å². The van der Waals surface area contributed by atoms with Gasteiger partial charge in [0.1, 0.15) is 10.7 Å². The Morgan fingerprint density at radius 2 is 1.89 bits per heavy atom. The van der Waals surface area contributed by atoms with Crippen LogP contribution in [0.25, 0.3) is 0 Å². The molecule has 1 aliphatic heterocycles. The van der Waals surface area contributed by atoms with Gasteiger partial charge in [-0.05, 0) is 19.2 Å². The molecular weight excluding hydrogens is 266 g/mol. The standard InChI is InChI=1S/C11H19N5O2S/c1-12-11-4-3-10(9-13-11)19(17,18)14-16-7-5-15(2)6-8-16/h3-4,9,14H,5-8H2,1-2H3,(H,12,13). The third-order valence-electron chi connectivity index (χ3n) is 3.06. The van der Waals surface area contributed by atoms with Crippen LogP contribution in [-0.4, -0.2) is 63.6 Å². The van der Waals surface area contributed by atoms with E-state index in [0.29, 0.717) is 18.9 Å². The van der Waals surface area contributed by atoms with Crippen LogP contribution in [0.5, 0.6) is 0 Å². The van der Waals surface area contributed by atoms with Gasteiger partial charge in [-0.25, -0.2) is 18.4 Å². The van der Waals surface area contributed by atoms with Crippen LogP contribution in [0, 0.1) is 0 Å². The number of piperazine rings is 1. The van der Waals surface area contributed by atoms with Crippen molar-refractivity contribution in [2.45, 2.75) is 4.90 Å². The van der Waals surface area contributed by atoms with Gasteiger partial charge in [-0.3, -0.25) is 0 Å². The van der Waals surface area contributed by atoms with Crippen molar-refractivity contribution in [2.24, 2.45) is 0 Å². The molecule has 2 rings (SSSR count). The van der Waals surface area contributed by atoms with Crippen LogP contribution in [0.3, 0.4) is 0 Å². The molecule has 0 aliphatic carbocycles. The Labute approximate surface area is 113 Å². The van der Waals surface area contributed by atoms with Gasteiger partial charge in [0, 0.05) is 39.4 Å². The molecule has 106 valence electrons. The summed E-state index contributed by atoms with van der Waals surface area (Å²) in [6, 6.07) is 3.18. The highest BCUT2D eigenvalue weighted by molar-refractivity contribution is 7.89. The van der Waals surface area contributed by atoms with Crippen LogP contribution in [0.1, 0.15) is 0 Å². The number of likely N-dealkylation sites (N-methyl/N-ethyl adjacent to an activating group) is 1. The summed E-state index contributed by atoms with van der Waals surface area (Å²) in [5.41, 5.74) is 0. The topological polar surface area (TPSA) is 77.6 Å². The van der Waals surface area contributed by atoms with Crippen LogP contribution in [0.15, 0.2) is 23.2 Å². The number of rotatable bonds is 4. The summed E-state index contributed by atoms with van der Waals surface area (Å²) in [5, 5.41) is 4.57. The number of nitrogens with one attached hydrogen (secondary N) is 2. The summed E-state index contributed by atoms with van der Waals surface area (Å²) in [6.07, 6.45) is 1.35. The average molecular weight is 285 g/mol. The highest BCUT2D eigenvalue weighted by atomic mass is 32.2. The maximum absolute atomic E-state index is 12.2. The molecule has 0 aromatic carbocycles. The Morgan fingerprint density at radius 3 is 2.42 bits per heavy atom. The number of anilines is 1. The predicted octanol–water partition coefficient (Wildman–Crippen LogP) is -0.436. The van der Waals surface area contributed by atoms with Gasteiger partial charge in [0.2, 0.25) is 0 Å². The van der Waals surface area contributed by atoms with Crippen molar-refractivity contribution in [1.29, 1.82) is 0 Å². The Hall–Kier alpha value is -1.22. The number of nitrogens with zero attached hydrogens (tertiary/aromatic N) is 3. The van der Waals surface area contributed by atoms with E-state index in [1.807, 2.05) is 7.05 Å². The lowest BCUT2D eigenvalue weighted by molar-refractivity contribution is 0.135. The molecule has 0 unspecified atom stereocenters. The predicted molar refractivity (Wildman–Crippen MR) is 73.2 cm³/mol. The van der Waals surface area contributed by atoms with Crippen molar-refractivity contribution < 1.29 is 8.42 Å². The molecule has 0 radical (unpaired) electrons. The zero-order valence-electron chi connectivity index (χ0n) is 11.1. The monoisotopic (exact) mass is 285 g/mol. The molecular formula is C11H19N5O2S. The molecule has 8 heteroatoms. The smallest absolute Gasteiger partial charge is 0.254 e.